The molecule has 0 spiro atoms. The van der Waals surface area contributed by atoms with Gasteiger partial charge in [0.1, 0.15) is 5.75 Å². The Bertz CT molecular complexity index is 711. The summed E-state index contributed by atoms with van der Waals surface area (Å²) in [5.74, 6) is -0.0103. The number of benzene rings is 1. The second kappa shape index (κ2) is 6.19. The maximum Gasteiger partial charge on any atom is 0.319 e. The minimum Gasteiger partial charge on any atom is -0.492 e. The summed E-state index contributed by atoms with van der Waals surface area (Å²) in [6, 6.07) is 6.03. The smallest absolute Gasteiger partial charge is 0.319 e. The molecule has 5 nitrogen and oxygen atoms in total. The SMILES string of the molecule is O=C(Nc1ccncc1F)N[C@@H]1CCOc2c(Cl)cccc21. The van der Waals surface area contributed by atoms with Gasteiger partial charge in [-0.1, -0.05) is 23.7 Å². The number of para-hydroxylation sites is 1. The van der Waals surface area contributed by atoms with Gasteiger partial charge in [-0.2, -0.15) is 0 Å². The van der Waals surface area contributed by atoms with Crippen molar-refractivity contribution in [3.05, 3.63) is 53.1 Å². The molecule has 0 fully saturated rings. The van der Waals surface area contributed by atoms with Gasteiger partial charge in [-0.25, -0.2) is 9.18 Å². The molecule has 1 aromatic carbocycles. The molecule has 3 rings (SSSR count). The molecule has 0 unspecified atom stereocenters. The van der Waals surface area contributed by atoms with Gasteiger partial charge in [-0.3, -0.25) is 4.98 Å². The van der Waals surface area contributed by atoms with Gasteiger partial charge in [0.15, 0.2) is 5.82 Å². The van der Waals surface area contributed by atoms with E-state index in [9.17, 15) is 9.18 Å². The molecule has 1 aromatic heterocycles. The fourth-order valence-electron chi connectivity index (χ4n) is 2.33. The highest BCUT2D eigenvalue weighted by molar-refractivity contribution is 6.32. The number of ether oxygens (including phenoxy) is 1. The lowest BCUT2D eigenvalue weighted by Crippen LogP contribution is -2.35. The Kier molecular flexibility index (Phi) is 4.11. The molecule has 114 valence electrons. The van der Waals surface area contributed by atoms with Crippen LogP contribution in [0.15, 0.2) is 36.7 Å². The lowest BCUT2D eigenvalue weighted by atomic mass is 10.0. The first kappa shape index (κ1) is 14.6. The van der Waals surface area contributed by atoms with E-state index < -0.39 is 11.8 Å². The number of nitrogens with zero attached hydrogens (tertiary/aromatic N) is 1. The zero-order valence-electron chi connectivity index (χ0n) is 11.5. The Hall–Kier alpha value is -2.34. The van der Waals surface area contributed by atoms with Crippen molar-refractivity contribution in [2.24, 2.45) is 0 Å². The Morgan fingerprint density at radius 3 is 3.09 bits per heavy atom. The van der Waals surface area contributed by atoms with Crippen LogP contribution in [0.3, 0.4) is 0 Å². The van der Waals surface area contributed by atoms with Gasteiger partial charge in [0.25, 0.3) is 0 Å². The zero-order chi connectivity index (χ0) is 15.5. The molecule has 0 radical (unpaired) electrons. The summed E-state index contributed by atoms with van der Waals surface area (Å²) in [5.41, 5.74) is 0.884. The van der Waals surface area contributed by atoms with Crippen LogP contribution in [0, 0.1) is 5.82 Å². The fraction of sp³-hybridized carbons (Fsp3) is 0.200. The number of aromatic nitrogens is 1. The van der Waals surface area contributed by atoms with Crippen LogP contribution in [0.2, 0.25) is 5.02 Å². The molecular weight excluding hydrogens is 309 g/mol. The van der Waals surface area contributed by atoms with Crippen molar-refractivity contribution >= 4 is 23.3 Å². The van der Waals surface area contributed by atoms with E-state index in [0.717, 1.165) is 11.8 Å². The van der Waals surface area contributed by atoms with Crippen molar-refractivity contribution in [1.29, 1.82) is 0 Å². The van der Waals surface area contributed by atoms with Crippen LogP contribution in [0.1, 0.15) is 18.0 Å². The van der Waals surface area contributed by atoms with Crippen LogP contribution in [0.5, 0.6) is 5.75 Å². The van der Waals surface area contributed by atoms with Crippen LogP contribution in [0.4, 0.5) is 14.9 Å². The molecule has 1 atom stereocenters. The number of carbonyl (C=O) groups is 1. The molecule has 0 saturated carbocycles. The number of hydrogen-bond acceptors (Lipinski definition) is 3. The first-order valence-corrected chi connectivity index (χ1v) is 7.11. The molecule has 1 aliphatic rings. The molecule has 7 heteroatoms. The number of amides is 2. The number of pyridine rings is 1. The Morgan fingerprint density at radius 1 is 1.41 bits per heavy atom. The Morgan fingerprint density at radius 2 is 2.27 bits per heavy atom. The largest absolute Gasteiger partial charge is 0.492 e. The van der Waals surface area contributed by atoms with Crippen LogP contribution in [-0.2, 0) is 0 Å². The highest BCUT2D eigenvalue weighted by Gasteiger charge is 2.24. The van der Waals surface area contributed by atoms with E-state index in [1.807, 2.05) is 6.07 Å². The van der Waals surface area contributed by atoms with Crippen molar-refractivity contribution in [1.82, 2.24) is 10.3 Å². The summed E-state index contributed by atoms with van der Waals surface area (Å²) >= 11 is 6.08. The summed E-state index contributed by atoms with van der Waals surface area (Å²) in [6.45, 7) is 0.450. The molecule has 0 bridgehead atoms. The number of urea groups is 1. The topological polar surface area (TPSA) is 63.2 Å². The number of anilines is 1. The summed E-state index contributed by atoms with van der Waals surface area (Å²) < 4.78 is 19.0. The number of hydrogen-bond donors (Lipinski definition) is 2. The van der Waals surface area contributed by atoms with E-state index in [-0.39, 0.29) is 11.7 Å². The predicted octanol–water partition coefficient (Wildman–Crippen LogP) is 3.52. The molecule has 1 aliphatic heterocycles. The number of nitrogens with one attached hydrogen (secondary N) is 2. The summed E-state index contributed by atoms with van der Waals surface area (Å²) in [6.07, 6.45) is 3.06. The van der Waals surface area contributed by atoms with Crippen LogP contribution >= 0.6 is 11.6 Å². The molecule has 22 heavy (non-hydrogen) atoms. The number of halogens is 2. The summed E-state index contributed by atoms with van der Waals surface area (Å²) in [5, 5.41) is 5.77. The lowest BCUT2D eigenvalue weighted by Gasteiger charge is -2.27. The van der Waals surface area contributed by atoms with Crippen LogP contribution in [0.25, 0.3) is 0 Å². The van der Waals surface area contributed by atoms with E-state index in [1.165, 1.54) is 12.3 Å². The standard InChI is InChI=1S/C15H13ClFN3O2/c16-10-3-1-2-9-12(5-7-22-14(9)10)19-15(21)20-13-4-6-18-8-11(13)17/h1-4,6,8,12H,5,7H2,(H2,18,19,20,21)/t12-/m1/s1. The van der Waals surface area contributed by atoms with E-state index in [2.05, 4.69) is 15.6 Å². The second-order valence-corrected chi connectivity index (χ2v) is 5.21. The second-order valence-electron chi connectivity index (χ2n) is 4.80. The Labute approximate surface area is 131 Å². The third-order valence-corrected chi connectivity index (χ3v) is 3.65. The molecule has 0 saturated heterocycles. The fourth-order valence-corrected chi connectivity index (χ4v) is 2.57. The van der Waals surface area contributed by atoms with Gasteiger partial charge < -0.3 is 15.4 Å². The average molecular weight is 322 g/mol. The first-order chi connectivity index (χ1) is 10.6. The summed E-state index contributed by atoms with van der Waals surface area (Å²) in [7, 11) is 0. The first-order valence-electron chi connectivity index (χ1n) is 6.73. The van der Waals surface area contributed by atoms with Crippen LogP contribution in [-0.4, -0.2) is 17.6 Å². The minimum atomic E-state index is -0.590. The maximum absolute atomic E-state index is 13.5. The van der Waals surface area contributed by atoms with Crippen molar-refractivity contribution in [2.75, 3.05) is 11.9 Å². The Balaban J connectivity index is 1.74. The normalized spacial score (nSPS) is 16.4. The molecule has 2 heterocycles. The molecule has 2 N–H and O–H groups in total. The number of carbonyl (C=O) groups excluding carboxylic acids is 1. The summed E-state index contributed by atoms with van der Waals surface area (Å²) in [4.78, 5) is 15.7. The minimum absolute atomic E-state index is 0.0749. The zero-order valence-corrected chi connectivity index (χ0v) is 12.2. The number of fused-ring (bicyclic) bond motifs is 1. The van der Waals surface area contributed by atoms with Gasteiger partial charge in [0.2, 0.25) is 0 Å². The highest BCUT2D eigenvalue weighted by Crippen LogP contribution is 2.37. The quantitative estimate of drug-likeness (QED) is 0.889. The predicted molar refractivity (Wildman–Crippen MR) is 80.7 cm³/mol. The average Bonchev–Trinajstić information content (AvgIpc) is 2.51. The highest BCUT2D eigenvalue weighted by atomic mass is 35.5. The van der Waals surface area contributed by atoms with Gasteiger partial charge in [-0.15, -0.1) is 0 Å². The van der Waals surface area contributed by atoms with E-state index >= 15 is 0 Å². The van der Waals surface area contributed by atoms with Crippen molar-refractivity contribution in [3.63, 3.8) is 0 Å². The third kappa shape index (κ3) is 2.96. The molecule has 2 amide bonds. The number of rotatable bonds is 2. The van der Waals surface area contributed by atoms with Crippen molar-refractivity contribution in [3.8, 4) is 5.75 Å². The van der Waals surface area contributed by atoms with Crippen molar-refractivity contribution in [2.45, 2.75) is 12.5 Å². The van der Waals surface area contributed by atoms with E-state index in [1.54, 1.807) is 12.1 Å². The van der Waals surface area contributed by atoms with Gasteiger partial charge in [-0.05, 0) is 12.1 Å². The van der Waals surface area contributed by atoms with E-state index in [4.69, 9.17) is 16.3 Å². The van der Waals surface area contributed by atoms with Gasteiger partial charge in [0, 0.05) is 18.2 Å². The van der Waals surface area contributed by atoms with Gasteiger partial charge in [0.05, 0.1) is 29.6 Å². The van der Waals surface area contributed by atoms with Crippen LogP contribution < -0.4 is 15.4 Å². The lowest BCUT2D eigenvalue weighted by molar-refractivity contribution is 0.232. The monoisotopic (exact) mass is 321 g/mol. The third-order valence-electron chi connectivity index (χ3n) is 3.35. The molecule has 0 aliphatic carbocycles. The van der Waals surface area contributed by atoms with E-state index in [0.29, 0.717) is 23.8 Å². The maximum atomic E-state index is 13.5. The van der Waals surface area contributed by atoms with Crippen molar-refractivity contribution < 1.29 is 13.9 Å². The molecular formula is C15H13ClFN3O2. The molecule has 2 aromatic rings. The van der Waals surface area contributed by atoms with Gasteiger partial charge >= 0.3 is 6.03 Å².